The van der Waals surface area contributed by atoms with Crippen LogP contribution in [0.25, 0.3) is 0 Å². The molecule has 1 aromatic heterocycles. The van der Waals surface area contributed by atoms with Crippen LogP contribution >= 0.6 is 0 Å². The van der Waals surface area contributed by atoms with Crippen LogP contribution in [0.5, 0.6) is 0 Å². The van der Waals surface area contributed by atoms with Crippen LogP contribution < -0.4 is 11.0 Å². The van der Waals surface area contributed by atoms with E-state index < -0.39 is 7.12 Å². The van der Waals surface area contributed by atoms with Crippen molar-refractivity contribution >= 4 is 12.6 Å². The molecule has 1 aromatic rings. The van der Waals surface area contributed by atoms with Crippen LogP contribution in [-0.4, -0.2) is 23.3 Å². The average molecular weight is 277 g/mol. The molecule has 4 nitrogen and oxygen atoms in total. The molecule has 0 saturated carbocycles. The number of hydrogen-bond acceptors (Lipinski definition) is 3. The van der Waals surface area contributed by atoms with Gasteiger partial charge in [-0.25, -0.2) is 0 Å². The van der Waals surface area contributed by atoms with Crippen LogP contribution in [0.1, 0.15) is 47.1 Å². The summed E-state index contributed by atoms with van der Waals surface area (Å²) in [4.78, 5) is 14.6. The molecule has 1 N–H and O–H groups in total. The molecule has 2 rings (SSSR count). The van der Waals surface area contributed by atoms with Crippen LogP contribution in [0.4, 0.5) is 0 Å². The first-order valence-corrected chi connectivity index (χ1v) is 7.19. The highest BCUT2D eigenvalue weighted by atomic mass is 16.7. The average Bonchev–Trinajstić information content (AvgIpc) is 2.50. The standard InChI is InChI=1S/C15H24BNO3/c1-10(2)7-11-8-12(9-17-13(11)18)16-19-14(3,4)15(5,6)20-16/h8-10H,7H2,1-6H3,(H,17,18). The Hall–Kier alpha value is -1.07. The van der Waals surface area contributed by atoms with E-state index in [1.54, 1.807) is 6.20 Å². The molecular formula is C15H24BNO3. The molecule has 1 aliphatic heterocycles. The van der Waals surface area contributed by atoms with E-state index in [1.165, 1.54) is 0 Å². The smallest absolute Gasteiger partial charge is 0.399 e. The van der Waals surface area contributed by atoms with E-state index in [2.05, 4.69) is 18.8 Å². The predicted octanol–water partition coefficient (Wildman–Crippen LogP) is 1.87. The van der Waals surface area contributed by atoms with E-state index in [0.29, 0.717) is 5.92 Å². The number of nitrogens with one attached hydrogen (secondary N) is 1. The van der Waals surface area contributed by atoms with Gasteiger partial charge in [0.05, 0.1) is 11.2 Å². The van der Waals surface area contributed by atoms with Crippen molar-refractivity contribution in [1.82, 2.24) is 4.98 Å². The Kier molecular flexibility index (Phi) is 3.86. The van der Waals surface area contributed by atoms with Gasteiger partial charge in [-0.05, 0) is 45.5 Å². The molecule has 0 radical (unpaired) electrons. The third-order valence-electron chi connectivity index (χ3n) is 4.16. The third-order valence-corrected chi connectivity index (χ3v) is 4.16. The fraction of sp³-hybridized carbons (Fsp3) is 0.667. The maximum Gasteiger partial charge on any atom is 0.496 e. The normalized spacial score (nSPS) is 20.6. The van der Waals surface area contributed by atoms with Gasteiger partial charge in [0, 0.05) is 11.8 Å². The van der Waals surface area contributed by atoms with Crippen LogP contribution in [0.3, 0.4) is 0 Å². The Morgan fingerprint density at radius 3 is 2.25 bits per heavy atom. The van der Waals surface area contributed by atoms with Gasteiger partial charge >= 0.3 is 7.12 Å². The van der Waals surface area contributed by atoms with Crippen LogP contribution in [0.15, 0.2) is 17.1 Å². The molecule has 2 heterocycles. The second-order valence-corrected chi connectivity index (χ2v) is 6.97. The van der Waals surface area contributed by atoms with E-state index >= 15 is 0 Å². The molecule has 1 saturated heterocycles. The summed E-state index contributed by atoms with van der Waals surface area (Å²) in [6.45, 7) is 12.3. The number of aromatic amines is 1. The minimum atomic E-state index is -0.428. The third kappa shape index (κ3) is 2.84. The Morgan fingerprint density at radius 1 is 1.20 bits per heavy atom. The van der Waals surface area contributed by atoms with Crippen molar-refractivity contribution < 1.29 is 9.31 Å². The maximum absolute atomic E-state index is 11.8. The Morgan fingerprint density at radius 2 is 1.75 bits per heavy atom. The lowest BCUT2D eigenvalue weighted by Gasteiger charge is -2.32. The largest absolute Gasteiger partial charge is 0.496 e. The lowest BCUT2D eigenvalue weighted by molar-refractivity contribution is 0.00578. The summed E-state index contributed by atoms with van der Waals surface area (Å²) in [5, 5.41) is 0. The first-order chi connectivity index (χ1) is 9.12. The molecule has 1 aliphatic rings. The number of pyridine rings is 1. The van der Waals surface area contributed by atoms with Crippen molar-refractivity contribution in [1.29, 1.82) is 0 Å². The van der Waals surface area contributed by atoms with Crippen molar-refractivity contribution in [3.05, 3.63) is 28.2 Å². The number of rotatable bonds is 3. The van der Waals surface area contributed by atoms with Gasteiger partial charge in [0.2, 0.25) is 0 Å². The summed E-state index contributed by atoms with van der Waals surface area (Å²) < 4.78 is 12.0. The highest BCUT2D eigenvalue weighted by Gasteiger charge is 2.51. The maximum atomic E-state index is 11.8. The SMILES string of the molecule is CC(C)Cc1cc(B2OC(C)(C)C(C)(C)O2)c[nH]c1=O. The molecule has 0 amide bonds. The molecule has 20 heavy (non-hydrogen) atoms. The Labute approximate surface area is 121 Å². The zero-order valence-electron chi connectivity index (χ0n) is 13.2. The van der Waals surface area contributed by atoms with Crippen LogP contribution in [-0.2, 0) is 15.7 Å². The van der Waals surface area contributed by atoms with Gasteiger partial charge in [0.15, 0.2) is 0 Å². The van der Waals surface area contributed by atoms with Gasteiger partial charge in [0.1, 0.15) is 0 Å². The second-order valence-electron chi connectivity index (χ2n) is 6.97. The quantitative estimate of drug-likeness (QED) is 0.858. The topological polar surface area (TPSA) is 51.3 Å². The molecule has 1 fully saturated rings. The molecule has 0 unspecified atom stereocenters. The fourth-order valence-corrected chi connectivity index (χ4v) is 2.26. The summed E-state index contributed by atoms with van der Waals surface area (Å²) in [6, 6.07) is 1.90. The summed E-state index contributed by atoms with van der Waals surface area (Å²) in [6.07, 6.45) is 2.44. The van der Waals surface area contributed by atoms with Crippen molar-refractivity contribution in [3.63, 3.8) is 0 Å². The highest BCUT2D eigenvalue weighted by Crippen LogP contribution is 2.36. The van der Waals surface area contributed by atoms with Gasteiger partial charge in [-0.1, -0.05) is 19.9 Å². The molecular weight excluding hydrogens is 253 g/mol. The minimum Gasteiger partial charge on any atom is -0.399 e. The van der Waals surface area contributed by atoms with Gasteiger partial charge in [-0.2, -0.15) is 0 Å². The lowest BCUT2D eigenvalue weighted by Crippen LogP contribution is -2.41. The van der Waals surface area contributed by atoms with Gasteiger partial charge in [-0.15, -0.1) is 0 Å². The first kappa shape index (κ1) is 15.3. The predicted molar refractivity (Wildman–Crippen MR) is 81.3 cm³/mol. The number of H-pyrrole nitrogens is 1. The van der Waals surface area contributed by atoms with Gasteiger partial charge in [-0.3, -0.25) is 4.79 Å². The Balaban J connectivity index is 2.29. The van der Waals surface area contributed by atoms with E-state index in [1.807, 2.05) is 33.8 Å². The van der Waals surface area contributed by atoms with E-state index in [4.69, 9.17) is 9.31 Å². The Bertz CT molecular complexity index is 532. The molecule has 110 valence electrons. The van der Waals surface area contributed by atoms with E-state index in [0.717, 1.165) is 17.4 Å². The molecule has 0 aromatic carbocycles. The van der Waals surface area contributed by atoms with E-state index in [-0.39, 0.29) is 16.8 Å². The fourth-order valence-electron chi connectivity index (χ4n) is 2.26. The van der Waals surface area contributed by atoms with Crippen LogP contribution in [0, 0.1) is 5.92 Å². The van der Waals surface area contributed by atoms with E-state index in [9.17, 15) is 4.79 Å². The summed E-state index contributed by atoms with van der Waals surface area (Å²) in [5.74, 6) is 0.435. The van der Waals surface area contributed by atoms with Crippen molar-refractivity contribution in [2.24, 2.45) is 5.92 Å². The molecule has 0 spiro atoms. The first-order valence-electron chi connectivity index (χ1n) is 7.19. The summed E-state index contributed by atoms with van der Waals surface area (Å²) >= 11 is 0. The highest BCUT2D eigenvalue weighted by molar-refractivity contribution is 6.62. The minimum absolute atomic E-state index is 0.0287. The molecule has 0 atom stereocenters. The van der Waals surface area contributed by atoms with Crippen molar-refractivity contribution in [2.75, 3.05) is 0 Å². The summed E-state index contributed by atoms with van der Waals surface area (Å²) in [5.41, 5.74) is 0.892. The van der Waals surface area contributed by atoms with Gasteiger partial charge < -0.3 is 14.3 Å². The van der Waals surface area contributed by atoms with Crippen molar-refractivity contribution in [2.45, 2.75) is 59.2 Å². The monoisotopic (exact) mass is 277 g/mol. The zero-order chi connectivity index (χ0) is 15.1. The van der Waals surface area contributed by atoms with Crippen LogP contribution in [0.2, 0.25) is 0 Å². The van der Waals surface area contributed by atoms with Crippen molar-refractivity contribution in [3.8, 4) is 0 Å². The second kappa shape index (κ2) is 5.04. The van der Waals surface area contributed by atoms with Gasteiger partial charge in [0.25, 0.3) is 5.56 Å². The molecule has 0 aliphatic carbocycles. The zero-order valence-corrected chi connectivity index (χ0v) is 13.2. The number of hydrogen-bond donors (Lipinski definition) is 1. The lowest BCUT2D eigenvalue weighted by atomic mass is 9.79. The summed E-state index contributed by atoms with van der Waals surface area (Å²) in [7, 11) is -0.428. The molecule has 5 heteroatoms. The number of aromatic nitrogens is 1. The molecule has 0 bridgehead atoms.